The first-order chi connectivity index (χ1) is 26.2. The van der Waals surface area contributed by atoms with E-state index in [4.69, 9.17) is 0 Å². The maximum absolute atomic E-state index is 16.9. The van der Waals surface area contributed by atoms with E-state index in [-0.39, 0.29) is 47.9 Å². The van der Waals surface area contributed by atoms with Gasteiger partial charge in [0.1, 0.15) is 10.8 Å². The minimum atomic E-state index is -4.75. The van der Waals surface area contributed by atoms with Gasteiger partial charge in [0.15, 0.2) is 0 Å². The molecule has 0 nitrogen and oxygen atoms in total. The molecule has 6 aromatic rings. The second-order valence-electron chi connectivity index (χ2n) is 17.3. The third-order valence-electron chi connectivity index (χ3n) is 14.7. The molecule has 13 rings (SSSR count). The fraction of sp³-hybridized carbons (Fsp3) is 0.265. The molecule has 0 aliphatic heterocycles. The number of benzene rings is 6. The van der Waals surface area contributed by atoms with Crippen LogP contribution in [0.3, 0.4) is 0 Å². The maximum atomic E-state index is 16.9. The highest BCUT2D eigenvalue weighted by atomic mass is 19.4. The Bertz CT molecular complexity index is 2550. The molecule has 1 spiro atoms. The van der Waals surface area contributed by atoms with Crippen molar-refractivity contribution in [3.05, 3.63) is 178 Å². The molecule has 3 atom stereocenters. The van der Waals surface area contributed by atoms with Gasteiger partial charge in [-0.25, -0.2) is 0 Å². The summed E-state index contributed by atoms with van der Waals surface area (Å²) < 4.78 is 101. The van der Waals surface area contributed by atoms with Gasteiger partial charge in [-0.2, -0.15) is 26.3 Å². The summed E-state index contributed by atoms with van der Waals surface area (Å²) in [5, 5.41) is 0. The van der Waals surface area contributed by atoms with Gasteiger partial charge in [-0.3, -0.25) is 0 Å². The average Bonchev–Trinajstić information content (AvgIpc) is 3.67. The summed E-state index contributed by atoms with van der Waals surface area (Å²) >= 11 is 0. The molecule has 0 saturated heterocycles. The summed E-state index contributed by atoms with van der Waals surface area (Å²) in [6.45, 7) is 3.73. The smallest absolute Gasteiger partial charge is 0.170 e. The molecule has 3 unspecified atom stereocenters. The van der Waals surface area contributed by atoms with E-state index in [9.17, 15) is 0 Å². The maximum Gasteiger partial charge on any atom is 0.402 e. The molecule has 7 aliphatic rings. The van der Waals surface area contributed by atoms with Crippen LogP contribution in [0.1, 0.15) is 71.2 Å². The first-order valence-electron chi connectivity index (χ1n) is 19.0. The van der Waals surface area contributed by atoms with Crippen molar-refractivity contribution >= 4 is 0 Å². The predicted molar refractivity (Wildman–Crippen MR) is 203 cm³/mol. The summed E-state index contributed by atoms with van der Waals surface area (Å²) in [5.74, 6) is 0. The van der Waals surface area contributed by atoms with E-state index in [1.54, 1.807) is 104 Å². The van der Waals surface area contributed by atoms with Crippen molar-refractivity contribution in [2.24, 2.45) is 10.8 Å². The van der Waals surface area contributed by atoms with Crippen molar-refractivity contribution < 1.29 is 26.3 Å². The highest BCUT2D eigenvalue weighted by Crippen LogP contribution is 2.75. The molecule has 55 heavy (non-hydrogen) atoms. The molecule has 0 heterocycles. The Hall–Kier alpha value is -5.10. The van der Waals surface area contributed by atoms with Crippen molar-refractivity contribution in [3.8, 4) is 33.4 Å². The fourth-order valence-corrected chi connectivity index (χ4v) is 13.0. The molecule has 0 aromatic heterocycles. The summed E-state index contributed by atoms with van der Waals surface area (Å²) in [5.41, 5.74) is -0.468. The Balaban J connectivity index is 1.23. The van der Waals surface area contributed by atoms with Crippen molar-refractivity contribution in [1.82, 2.24) is 0 Å². The summed E-state index contributed by atoms with van der Waals surface area (Å²) in [4.78, 5) is 0. The van der Waals surface area contributed by atoms with E-state index < -0.39 is 39.4 Å². The van der Waals surface area contributed by atoms with E-state index in [0.29, 0.717) is 22.3 Å². The number of rotatable bonds is 3. The Kier molecular flexibility index (Phi) is 6.16. The molecular formula is C49H36F6. The number of hydrogen-bond donors (Lipinski definition) is 0. The Morgan fingerprint density at radius 2 is 0.873 bits per heavy atom. The normalized spacial score (nSPS) is 25.5. The van der Waals surface area contributed by atoms with Crippen LogP contribution in [-0.2, 0) is 29.1 Å². The quantitative estimate of drug-likeness (QED) is 0.159. The van der Waals surface area contributed by atoms with Crippen molar-refractivity contribution in [3.63, 3.8) is 0 Å². The second kappa shape index (κ2) is 10.2. The molecule has 7 bridgehead atoms. The van der Waals surface area contributed by atoms with Crippen LogP contribution < -0.4 is 0 Å². The van der Waals surface area contributed by atoms with Crippen molar-refractivity contribution in [2.75, 3.05) is 0 Å². The minimum Gasteiger partial charge on any atom is -0.170 e. The molecule has 0 saturated carbocycles. The van der Waals surface area contributed by atoms with Crippen molar-refractivity contribution in [1.29, 1.82) is 0 Å². The van der Waals surface area contributed by atoms with Gasteiger partial charge in [-0.1, -0.05) is 147 Å². The van der Waals surface area contributed by atoms with E-state index in [1.807, 2.05) is 37.3 Å². The SMILES string of the molecule is CC1(CC2(C(F)(F)F)c3ccccc3-c3ccccc32)Cc2ccc3c(c2)-c2cc4ccc2C31CC(C)(C1(C(F)(F)F)c2ccccc2-c2ccccc21)C4. The standard InChI is InChI=1S/C49H36F6/c1-43(27-46(48(50,51)52)37-15-7-3-11-31(37)32-12-4-8-16-38(32)46)25-29-19-21-39-35(23-29)36-24-30-20-22-40(36)45(39,43)28-44(2,26-30)47(49(53,54)55)41-17-9-5-13-33(41)34-14-6-10-18-42(34)47/h3-24H,25-28H2,1-2H3. The van der Waals surface area contributed by atoms with Gasteiger partial charge in [0.2, 0.25) is 0 Å². The van der Waals surface area contributed by atoms with Gasteiger partial charge in [-0.15, -0.1) is 0 Å². The molecule has 0 fully saturated rings. The third kappa shape index (κ3) is 3.68. The van der Waals surface area contributed by atoms with Gasteiger partial charge in [0.05, 0.1) is 0 Å². The van der Waals surface area contributed by atoms with Gasteiger partial charge in [-0.05, 0) is 114 Å². The summed E-state index contributed by atoms with van der Waals surface area (Å²) in [6.07, 6.45) is -9.42. The minimum absolute atomic E-state index is 0.000710. The van der Waals surface area contributed by atoms with Crippen molar-refractivity contribution in [2.45, 2.75) is 68.1 Å². The van der Waals surface area contributed by atoms with Crippen LogP contribution in [0.25, 0.3) is 33.4 Å². The first-order valence-corrected chi connectivity index (χ1v) is 19.0. The molecule has 7 aliphatic carbocycles. The van der Waals surface area contributed by atoms with E-state index >= 15 is 26.3 Å². The number of fused-ring (bicyclic) bond motifs is 11. The molecule has 274 valence electrons. The predicted octanol–water partition coefficient (Wildman–Crippen LogP) is 12.9. The number of halogens is 6. The van der Waals surface area contributed by atoms with Gasteiger partial charge >= 0.3 is 12.4 Å². The summed E-state index contributed by atoms with van der Waals surface area (Å²) in [6, 6.07) is 39.6. The van der Waals surface area contributed by atoms with Crippen LogP contribution >= 0.6 is 0 Å². The second-order valence-corrected chi connectivity index (χ2v) is 17.3. The lowest BCUT2D eigenvalue weighted by Gasteiger charge is -2.59. The first kappa shape index (κ1) is 33.3. The highest BCUT2D eigenvalue weighted by Gasteiger charge is 2.74. The lowest BCUT2D eigenvalue weighted by molar-refractivity contribution is -0.214. The Morgan fingerprint density at radius 1 is 0.455 bits per heavy atom. The lowest BCUT2D eigenvalue weighted by atomic mass is 9.44. The third-order valence-corrected chi connectivity index (χ3v) is 14.7. The van der Waals surface area contributed by atoms with E-state index in [1.165, 1.54) is 0 Å². The molecular weight excluding hydrogens is 703 g/mol. The molecule has 0 N–H and O–H groups in total. The Labute approximate surface area is 315 Å². The number of alkyl halides is 6. The molecule has 6 heteroatoms. The topological polar surface area (TPSA) is 0 Å². The van der Waals surface area contributed by atoms with Gasteiger partial charge in [0, 0.05) is 5.41 Å². The fourth-order valence-electron chi connectivity index (χ4n) is 13.0. The average molecular weight is 739 g/mol. The van der Waals surface area contributed by atoms with E-state index in [2.05, 4.69) is 6.07 Å². The van der Waals surface area contributed by atoms with E-state index in [0.717, 1.165) is 33.4 Å². The zero-order valence-electron chi connectivity index (χ0n) is 30.3. The van der Waals surface area contributed by atoms with Crippen LogP contribution in [0.5, 0.6) is 0 Å². The van der Waals surface area contributed by atoms with Crippen LogP contribution in [0.2, 0.25) is 0 Å². The zero-order valence-corrected chi connectivity index (χ0v) is 30.3. The van der Waals surface area contributed by atoms with Gasteiger partial charge < -0.3 is 0 Å². The zero-order chi connectivity index (χ0) is 38.0. The molecule has 0 radical (unpaired) electrons. The molecule has 6 aromatic carbocycles. The molecule has 0 amide bonds. The van der Waals surface area contributed by atoms with Crippen LogP contribution in [0.4, 0.5) is 26.3 Å². The van der Waals surface area contributed by atoms with Crippen LogP contribution in [-0.4, -0.2) is 12.4 Å². The van der Waals surface area contributed by atoms with Crippen LogP contribution in [0.15, 0.2) is 133 Å². The van der Waals surface area contributed by atoms with Crippen LogP contribution in [0, 0.1) is 10.8 Å². The highest BCUT2D eigenvalue weighted by molar-refractivity contribution is 5.87. The van der Waals surface area contributed by atoms with Gasteiger partial charge in [0.25, 0.3) is 0 Å². The summed E-state index contributed by atoms with van der Waals surface area (Å²) in [7, 11) is 0. The lowest BCUT2D eigenvalue weighted by Crippen LogP contribution is -2.61. The number of hydrogen-bond acceptors (Lipinski definition) is 0. The largest absolute Gasteiger partial charge is 0.402 e. The Morgan fingerprint density at radius 3 is 1.33 bits per heavy atom. The monoisotopic (exact) mass is 738 g/mol.